The molecular formula is C13H25I. The first-order valence-corrected chi connectivity index (χ1v) is 7.65. The first kappa shape index (κ1) is 14.5. The highest BCUT2D eigenvalue weighted by molar-refractivity contribution is 14.1. The summed E-state index contributed by atoms with van der Waals surface area (Å²) >= 11 is 2.44. The van der Waals surface area contributed by atoms with E-state index >= 15 is 0 Å². The van der Waals surface area contributed by atoms with Crippen molar-refractivity contribution in [1.82, 2.24) is 0 Å². The van der Waals surface area contributed by atoms with Gasteiger partial charge in [-0.15, -0.1) is 0 Å². The van der Waals surface area contributed by atoms with Crippen molar-refractivity contribution in [2.45, 2.75) is 64.7 Å². The minimum atomic E-state index is 1.28. The van der Waals surface area contributed by atoms with Gasteiger partial charge in [0.2, 0.25) is 0 Å². The maximum absolute atomic E-state index is 2.44. The van der Waals surface area contributed by atoms with Gasteiger partial charge in [0, 0.05) is 0 Å². The van der Waals surface area contributed by atoms with Crippen LogP contribution in [0.15, 0.2) is 12.2 Å². The van der Waals surface area contributed by atoms with Crippen molar-refractivity contribution in [3.63, 3.8) is 0 Å². The van der Waals surface area contributed by atoms with Gasteiger partial charge >= 0.3 is 0 Å². The van der Waals surface area contributed by atoms with Gasteiger partial charge in [0.15, 0.2) is 0 Å². The molecule has 0 aromatic rings. The number of halogens is 1. The standard InChI is InChI=1S/C13H25I/c1-2-3-4-5-6-7-8-9-10-11-12-13-14/h9-10H,2-8,11-13H2,1H3. The Morgan fingerprint density at radius 1 is 0.786 bits per heavy atom. The first-order valence-electron chi connectivity index (χ1n) is 6.12. The predicted molar refractivity (Wildman–Crippen MR) is 75.3 cm³/mol. The maximum Gasteiger partial charge on any atom is -0.000178 e. The second-order valence-corrected chi connectivity index (χ2v) is 4.94. The molecule has 1 heteroatoms. The summed E-state index contributed by atoms with van der Waals surface area (Å²) in [6, 6.07) is 0. The van der Waals surface area contributed by atoms with Gasteiger partial charge in [-0.25, -0.2) is 0 Å². The van der Waals surface area contributed by atoms with Crippen molar-refractivity contribution >= 4 is 22.6 Å². The van der Waals surface area contributed by atoms with E-state index in [9.17, 15) is 0 Å². The van der Waals surface area contributed by atoms with E-state index in [-0.39, 0.29) is 0 Å². The molecule has 0 atom stereocenters. The van der Waals surface area contributed by atoms with E-state index in [0.717, 1.165) is 0 Å². The molecule has 0 rings (SSSR count). The summed E-state index contributed by atoms with van der Waals surface area (Å²) in [6.45, 7) is 2.27. The van der Waals surface area contributed by atoms with Crippen LogP contribution < -0.4 is 0 Å². The van der Waals surface area contributed by atoms with Gasteiger partial charge in [0.1, 0.15) is 0 Å². The Balaban J connectivity index is 2.94. The molecular weight excluding hydrogens is 283 g/mol. The molecule has 0 N–H and O–H groups in total. The van der Waals surface area contributed by atoms with E-state index in [4.69, 9.17) is 0 Å². The molecule has 0 radical (unpaired) electrons. The summed E-state index contributed by atoms with van der Waals surface area (Å²) in [6.07, 6.45) is 17.1. The normalized spacial score (nSPS) is 11.3. The Hall–Kier alpha value is 0.470. The molecule has 0 aliphatic heterocycles. The number of allylic oxidation sites excluding steroid dienone is 2. The highest BCUT2D eigenvalue weighted by Gasteiger charge is 1.87. The summed E-state index contributed by atoms with van der Waals surface area (Å²) in [7, 11) is 0. The van der Waals surface area contributed by atoms with Gasteiger partial charge in [-0.2, -0.15) is 0 Å². The first-order chi connectivity index (χ1) is 6.91. The lowest BCUT2D eigenvalue weighted by Gasteiger charge is -1.97. The van der Waals surface area contributed by atoms with Crippen molar-refractivity contribution in [2.24, 2.45) is 0 Å². The topological polar surface area (TPSA) is 0 Å². The molecule has 84 valence electrons. The molecule has 0 saturated heterocycles. The van der Waals surface area contributed by atoms with Crippen LogP contribution in [0.25, 0.3) is 0 Å². The zero-order valence-corrected chi connectivity index (χ0v) is 11.8. The molecule has 14 heavy (non-hydrogen) atoms. The second kappa shape index (κ2) is 13.5. The van der Waals surface area contributed by atoms with Crippen LogP contribution >= 0.6 is 22.6 Å². The molecule has 0 fully saturated rings. The third-order valence-electron chi connectivity index (χ3n) is 2.40. The summed E-state index contributed by atoms with van der Waals surface area (Å²) in [5, 5.41) is 0. The zero-order chi connectivity index (χ0) is 10.5. The number of alkyl halides is 1. The van der Waals surface area contributed by atoms with Gasteiger partial charge < -0.3 is 0 Å². The summed E-state index contributed by atoms with van der Waals surface area (Å²) < 4.78 is 1.29. The predicted octanol–water partition coefficient (Wildman–Crippen LogP) is 5.51. The Bertz CT molecular complexity index is 118. The van der Waals surface area contributed by atoms with Crippen molar-refractivity contribution < 1.29 is 0 Å². The van der Waals surface area contributed by atoms with Crippen LogP contribution in [0.3, 0.4) is 0 Å². The summed E-state index contributed by atoms with van der Waals surface area (Å²) in [5.74, 6) is 0. The lowest BCUT2D eigenvalue weighted by Crippen LogP contribution is -1.77. The zero-order valence-electron chi connectivity index (χ0n) is 9.60. The fraction of sp³-hybridized carbons (Fsp3) is 0.846. The molecule has 0 spiro atoms. The van der Waals surface area contributed by atoms with E-state index < -0.39 is 0 Å². The average molecular weight is 308 g/mol. The van der Waals surface area contributed by atoms with Gasteiger partial charge in [-0.1, -0.05) is 73.8 Å². The SMILES string of the molecule is CCCCCCCCC=CCCCI. The van der Waals surface area contributed by atoms with Crippen molar-refractivity contribution in [1.29, 1.82) is 0 Å². The van der Waals surface area contributed by atoms with E-state index in [1.807, 2.05) is 0 Å². The Morgan fingerprint density at radius 2 is 1.36 bits per heavy atom. The fourth-order valence-corrected chi connectivity index (χ4v) is 1.91. The van der Waals surface area contributed by atoms with Crippen molar-refractivity contribution in [3.8, 4) is 0 Å². The molecule has 0 aromatic carbocycles. The number of unbranched alkanes of at least 4 members (excludes halogenated alkanes) is 7. The van der Waals surface area contributed by atoms with Crippen molar-refractivity contribution in [2.75, 3.05) is 4.43 Å². The molecule has 0 saturated carbocycles. The third-order valence-corrected chi connectivity index (χ3v) is 3.16. The van der Waals surface area contributed by atoms with E-state index in [1.165, 1.54) is 62.2 Å². The highest BCUT2D eigenvalue weighted by atomic mass is 127. The van der Waals surface area contributed by atoms with Crippen LogP contribution in [0.4, 0.5) is 0 Å². The summed E-state index contributed by atoms with van der Waals surface area (Å²) in [4.78, 5) is 0. The van der Waals surface area contributed by atoms with Gasteiger partial charge in [0.25, 0.3) is 0 Å². The fourth-order valence-electron chi connectivity index (χ4n) is 1.47. The van der Waals surface area contributed by atoms with E-state index in [0.29, 0.717) is 0 Å². The lowest BCUT2D eigenvalue weighted by molar-refractivity contribution is 0.611. The molecule has 0 aromatic heterocycles. The molecule has 0 aliphatic carbocycles. The van der Waals surface area contributed by atoms with Crippen LogP contribution in [0, 0.1) is 0 Å². The molecule has 0 amide bonds. The molecule has 0 bridgehead atoms. The van der Waals surface area contributed by atoms with Crippen LogP contribution in [-0.2, 0) is 0 Å². The Morgan fingerprint density at radius 3 is 2.00 bits per heavy atom. The van der Waals surface area contributed by atoms with E-state index in [2.05, 4.69) is 41.7 Å². The minimum Gasteiger partial charge on any atom is -0.0885 e. The van der Waals surface area contributed by atoms with Crippen LogP contribution in [0.5, 0.6) is 0 Å². The van der Waals surface area contributed by atoms with Gasteiger partial charge in [0.05, 0.1) is 0 Å². The van der Waals surface area contributed by atoms with E-state index in [1.54, 1.807) is 0 Å². The highest BCUT2D eigenvalue weighted by Crippen LogP contribution is 2.07. The largest absolute Gasteiger partial charge is 0.0885 e. The van der Waals surface area contributed by atoms with Crippen LogP contribution in [0.2, 0.25) is 0 Å². The third kappa shape index (κ3) is 12.5. The molecule has 0 aliphatic rings. The monoisotopic (exact) mass is 308 g/mol. The molecule has 0 heterocycles. The van der Waals surface area contributed by atoms with Gasteiger partial charge in [-0.05, 0) is 30.1 Å². The number of hydrogen-bond acceptors (Lipinski definition) is 0. The average Bonchev–Trinajstić information content (AvgIpc) is 2.21. The maximum atomic E-state index is 2.44. The quantitative estimate of drug-likeness (QED) is 0.216. The van der Waals surface area contributed by atoms with Crippen molar-refractivity contribution in [3.05, 3.63) is 12.2 Å². The minimum absolute atomic E-state index is 1.28. The number of hydrogen-bond donors (Lipinski definition) is 0. The Kier molecular flexibility index (Phi) is 13.9. The Labute approximate surface area is 104 Å². The van der Waals surface area contributed by atoms with Crippen LogP contribution in [-0.4, -0.2) is 4.43 Å². The lowest BCUT2D eigenvalue weighted by atomic mass is 10.1. The molecule has 0 nitrogen and oxygen atoms in total. The number of rotatable bonds is 10. The van der Waals surface area contributed by atoms with Crippen LogP contribution in [0.1, 0.15) is 64.7 Å². The smallest absolute Gasteiger partial charge is 0.000178 e. The second-order valence-electron chi connectivity index (χ2n) is 3.86. The molecule has 0 unspecified atom stereocenters. The summed E-state index contributed by atoms with van der Waals surface area (Å²) in [5.41, 5.74) is 0. The van der Waals surface area contributed by atoms with Gasteiger partial charge in [-0.3, -0.25) is 0 Å².